The summed E-state index contributed by atoms with van der Waals surface area (Å²) in [5, 5.41) is 5.56. The lowest BCUT2D eigenvalue weighted by atomic mass is 9.96. The van der Waals surface area contributed by atoms with Crippen LogP contribution in [0.2, 0.25) is 10.0 Å². The van der Waals surface area contributed by atoms with Crippen LogP contribution in [-0.4, -0.2) is 36.6 Å². The Hall–Kier alpha value is -1.90. The largest absolute Gasteiger partial charge is 0.375 e. The molecule has 3 rings (SSSR count). The minimum absolute atomic E-state index is 0.00145. The quantitative estimate of drug-likeness (QED) is 0.793. The molecule has 0 bridgehead atoms. The Labute approximate surface area is 163 Å². The van der Waals surface area contributed by atoms with E-state index in [-0.39, 0.29) is 57.8 Å². The average Bonchev–Trinajstić information content (AvgIpc) is 2.87. The summed E-state index contributed by atoms with van der Waals surface area (Å²) in [5.74, 6) is -1.48. The van der Waals surface area contributed by atoms with Crippen molar-refractivity contribution in [3.8, 4) is 0 Å². The lowest BCUT2D eigenvalue weighted by Crippen LogP contribution is -2.27. The standard InChI is InChI=1S/C17H17Cl2F2N3O3/c1-7-12-10(3-4-22-16(7)26)24(17(20)21)15-13(12)9(5-8(18)14(15)19)23-11(25)6-27-2/h5,7,17H,3-4,6H2,1-2H3,(H,22,26)(H,23,25)/t7-/m1/s1. The van der Waals surface area contributed by atoms with Crippen molar-refractivity contribution in [3.05, 3.63) is 27.4 Å². The summed E-state index contributed by atoms with van der Waals surface area (Å²) in [7, 11) is 1.36. The predicted molar refractivity (Wildman–Crippen MR) is 98.8 cm³/mol. The number of nitrogens with one attached hydrogen (secondary N) is 2. The summed E-state index contributed by atoms with van der Waals surface area (Å²) in [4.78, 5) is 24.3. The summed E-state index contributed by atoms with van der Waals surface area (Å²) >= 11 is 12.4. The van der Waals surface area contributed by atoms with Gasteiger partial charge < -0.3 is 15.4 Å². The molecule has 0 spiro atoms. The smallest absolute Gasteiger partial charge is 0.319 e. The van der Waals surface area contributed by atoms with Gasteiger partial charge in [0.15, 0.2) is 0 Å². The number of amides is 2. The van der Waals surface area contributed by atoms with Crippen molar-refractivity contribution in [2.45, 2.75) is 25.8 Å². The topological polar surface area (TPSA) is 72.4 Å². The van der Waals surface area contributed by atoms with Crippen molar-refractivity contribution in [2.75, 3.05) is 25.6 Å². The van der Waals surface area contributed by atoms with E-state index in [1.54, 1.807) is 6.92 Å². The third kappa shape index (κ3) is 3.37. The zero-order chi connectivity index (χ0) is 19.9. The number of benzene rings is 1. The van der Waals surface area contributed by atoms with Gasteiger partial charge in [-0.2, -0.15) is 8.78 Å². The van der Waals surface area contributed by atoms with Gasteiger partial charge in [0.25, 0.3) is 0 Å². The summed E-state index contributed by atoms with van der Waals surface area (Å²) in [5.41, 5.74) is 0.904. The van der Waals surface area contributed by atoms with Crippen LogP contribution in [0.5, 0.6) is 0 Å². The fraction of sp³-hybridized carbons (Fsp3) is 0.412. The molecule has 0 radical (unpaired) electrons. The highest BCUT2D eigenvalue weighted by Gasteiger charge is 2.33. The lowest BCUT2D eigenvalue weighted by Gasteiger charge is -2.14. The first-order valence-corrected chi connectivity index (χ1v) is 8.92. The second-order valence-electron chi connectivity index (χ2n) is 6.20. The Morgan fingerprint density at radius 3 is 2.81 bits per heavy atom. The number of ether oxygens (including phenoxy) is 1. The molecule has 1 aromatic heterocycles. The molecule has 0 aliphatic carbocycles. The number of nitrogens with zero attached hydrogens (tertiary/aromatic N) is 1. The van der Waals surface area contributed by atoms with E-state index in [0.29, 0.717) is 5.56 Å². The molecule has 0 fully saturated rings. The third-order valence-electron chi connectivity index (χ3n) is 4.54. The first kappa shape index (κ1) is 19.9. The van der Waals surface area contributed by atoms with Crippen molar-refractivity contribution in [3.63, 3.8) is 0 Å². The van der Waals surface area contributed by atoms with Gasteiger partial charge in [0.1, 0.15) is 6.61 Å². The van der Waals surface area contributed by atoms with E-state index in [9.17, 15) is 18.4 Å². The Kier molecular flexibility index (Phi) is 5.60. The number of anilines is 1. The van der Waals surface area contributed by atoms with Crippen molar-refractivity contribution < 1.29 is 23.1 Å². The highest BCUT2D eigenvalue weighted by atomic mass is 35.5. The number of methoxy groups -OCH3 is 1. The molecule has 2 amide bonds. The van der Waals surface area contributed by atoms with Crippen LogP contribution in [0.1, 0.15) is 30.6 Å². The molecule has 1 aromatic carbocycles. The second-order valence-corrected chi connectivity index (χ2v) is 6.98. The van der Waals surface area contributed by atoms with Gasteiger partial charge >= 0.3 is 6.55 Å². The van der Waals surface area contributed by atoms with Gasteiger partial charge in [0, 0.05) is 31.2 Å². The maximum absolute atomic E-state index is 14.0. The Balaban J connectivity index is 2.39. The van der Waals surface area contributed by atoms with E-state index < -0.39 is 18.4 Å². The molecule has 1 atom stereocenters. The van der Waals surface area contributed by atoms with E-state index in [4.69, 9.17) is 27.9 Å². The second kappa shape index (κ2) is 7.61. The number of fused-ring (bicyclic) bond motifs is 3. The van der Waals surface area contributed by atoms with Crippen molar-refractivity contribution in [1.29, 1.82) is 0 Å². The lowest BCUT2D eigenvalue weighted by molar-refractivity contribution is -0.122. The van der Waals surface area contributed by atoms with Gasteiger partial charge in [0.05, 0.1) is 27.2 Å². The van der Waals surface area contributed by atoms with Gasteiger partial charge in [-0.15, -0.1) is 0 Å². The van der Waals surface area contributed by atoms with Crippen LogP contribution >= 0.6 is 23.2 Å². The van der Waals surface area contributed by atoms with Crippen LogP contribution in [0.15, 0.2) is 6.07 Å². The molecule has 2 aromatic rings. The number of alkyl halides is 2. The molecule has 146 valence electrons. The Morgan fingerprint density at radius 1 is 1.48 bits per heavy atom. The highest BCUT2D eigenvalue weighted by Crippen LogP contribution is 2.45. The number of hydrogen-bond acceptors (Lipinski definition) is 3. The first-order chi connectivity index (χ1) is 12.8. The minimum atomic E-state index is -2.89. The molecular formula is C17H17Cl2F2N3O3. The van der Waals surface area contributed by atoms with Crippen LogP contribution < -0.4 is 10.6 Å². The van der Waals surface area contributed by atoms with Gasteiger partial charge in [-0.05, 0) is 18.6 Å². The maximum atomic E-state index is 14.0. The molecule has 0 unspecified atom stereocenters. The predicted octanol–water partition coefficient (Wildman–Crippen LogP) is 3.70. The minimum Gasteiger partial charge on any atom is -0.375 e. The van der Waals surface area contributed by atoms with Gasteiger partial charge in [-0.25, -0.2) is 0 Å². The van der Waals surface area contributed by atoms with Gasteiger partial charge in [-0.3, -0.25) is 14.2 Å². The highest BCUT2D eigenvalue weighted by molar-refractivity contribution is 6.46. The maximum Gasteiger partial charge on any atom is 0.319 e. The molecule has 0 saturated heterocycles. The molecule has 0 saturated carbocycles. The fourth-order valence-electron chi connectivity index (χ4n) is 3.46. The van der Waals surface area contributed by atoms with Gasteiger partial charge in [0.2, 0.25) is 11.8 Å². The van der Waals surface area contributed by atoms with E-state index >= 15 is 0 Å². The Morgan fingerprint density at radius 2 is 2.19 bits per heavy atom. The van der Waals surface area contributed by atoms with Gasteiger partial charge in [-0.1, -0.05) is 23.2 Å². The molecular weight excluding hydrogens is 403 g/mol. The zero-order valence-corrected chi connectivity index (χ0v) is 16.0. The van der Waals surface area contributed by atoms with E-state index in [0.717, 1.165) is 4.57 Å². The van der Waals surface area contributed by atoms with E-state index in [2.05, 4.69) is 10.6 Å². The number of hydrogen-bond donors (Lipinski definition) is 2. The molecule has 6 nitrogen and oxygen atoms in total. The summed E-state index contributed by atoms with van der Waals surface area (Å²) < 4.78 is 33.5. The molecule has 2 N–H and O–H groups in total. The number of aromatic nitrogens is 1. The SMILES string of the molecule is COCC(=O)Nc1cc(Cl)c(Cl)c2c1c1c(n2C(F)F)CCNC(=O)[C@@H]1C. The average molecular weight is 420 g/mol. The molecule has 1 aliphatic rings. The van der Waals surface area contributed by atoms with Crippen LogP contribution in [0.25, 0.3) is 10.9 Å². The summed E-state index contributed by atoms with van der Waals surface area (Å²) in [6.07, 6.45) is 0.198. The summed E-state index contributed by atoms with van der Waals surface area (Å²) in [6, 6.07) is 1.39. The summed E-state index contributed by atoms with van der Waals surface area (Å²) in [6.45, 7) is -1.28. The van der Waals surface area contributed by atoms with Crippen LogP contribution in [0, 0.1) is 0 Å². The number of carbonyl (C=O) groups is 2. The molecule has 1 aliphatic heterocycles. The fourth-order valence-corrected chi connectivity index (χ4v) is 3.90. The third-order valence-corrected chi connectivity index (χ3v) is 5.32. The van der Waals surface area contributed by atoms with Crippen LogP contribution in [-0.2, 0) is 20.7 Å². The normalized spacial score (nSPS) is 17.0. The van der Waals surface area contributed by atoms with Crippen LogP contribution in [0.3, 0.4) is 0 Å². The van der Waals surface area contributed by atoms with Crippen molar-refractivity contribution >= 4 is 51.6 Å². The molecule has 2 heterocycles. The van der Waals surface area contributed by atoms with Crippen molar-refractivity contribution in [1.82, 2.24) is 9.88 Å². The number of rotatable bonds is 4. The molecule has 27 heavy (non-hydrogen) atoms. The first-order valence-electron chi connectivity index (χ1n) is 8.17. The Bertz CT molecular complexity index is 930. The van der Waals surface area contributed by atoms with Crippen LogP contribution in [0.4, 0.5) is 14.5 Å². The van der Waals surface area contributed by atoms with Crippen molar-refractivity contribution in [2.24, 2.45) is 0 Å². The zero-order valence-electron chi connectivity index (χ0n) is 14.5. The number of carbonyl (C=O) groups excluding carboxylic acids is 2. The van der Waals surface area contributed by atoms with E-state index in [1.165, 1.54) is 13.2 Å². The van der Waals surface area contributed by atoms with E-state index in [1.807, 2.05) is 0 Å². The molecule has 10 heteroatoms. The monoisotopic (exact) mass is 419 g/mol. The number of halogens is 4.